The maximum atomic E-state index is 11.9. The van der Waals surface area contributed by atoms with Gasteiger partial charge in [0.25, 0.3) is 5.91 Å². The minimum Gasteiger partial charge on any atom is -0.345 e. The second kappa shape index (κ2) is 4.53. The Hall–Kier alpha value is -1.69. The van der Waals surface area contributed by atoms with E-state index in [1.807, 2.05) is 12.3 Å². The summed E-state index contributed by atoms with van der Waals surface area (Å²) in [4.78, 5) is 16.1. The molecule has 0 bridgehead atoms. The molecule has 0 radical (unpaired) electrons. The Balaban J connectivity index is 1.62. The number of aromatic nitrogens is 3. The second-order valence-corrected chi connectivity index (χ2v) is 5.32. The van der Waals surface area contributed by atoms with Crippen molar-refractivity contribution in [2.75, 3.05) is 0 Å². The van der Waals surface area contributed by atoms with Crippen molar-refractivity contribution >= 4 is 17.2 Å². The Bertz CT molecular complexity index is 570. The number of hydrogen-bond donors (Lipinski definition) is 2. The van der Waals surface area contributed by atoms with Gasteiger partial charge in [-0.1, -0.05) is 0 Å². The average Bonchev–Trinajstić information content (AvgIpc) is 2.95. The summed E-state index contributed by atoms with van der Waals surface area (Å²) in [7, 11) is 0. The molecule has 5 nitrogen and oxygen atoms in total. The van der Waals surface area contributed by atoms with E-state index in [2.05, 4.69) is 25.9 Å². The molecular formula is C12H14N4OS. The molecular weight excluding hydrogens is 248 g/mol. The maximum absolute atomic E-state index is 11.9. The van der Waals surface area contributed by atoms with E-state index in [4.69, 9.17) is 0 Å². The average molecular weight is 262 g/mol. The second-order valence-electron chi connectivity index (χ2n) is 4.58. The quantitative estimate of drug-likeness (QED) is 0.885. The van der Waals surface area contributed by atoms with Crippen LogP contribution in [0, 0.1) is 6.92 Å². The molecule has 1 fully saturated rings. The monoisotopic (exact) mass is 262 g/mol. The number of nitrogens with zero attached hydrogens (tertiary/aromatic N) is 2. The Kier molecular flexibility index (Phi) is 2.87. The van der Waals surface area contributed by atoms with E-state index in [1.165, 1.54) is 5.56 Å². The normalized spacial score (nSPS) is 14.7. The Morgan fingerprint density at radius 2 is 2.39 bits per heavy atom. The third-order valence-electron chi connectivity index (χ3n) is 3.07. The van der Waals surface area contributed by atoms with Gasteiger partial charge in [-0.05, 0) is 41.7 Å². The van der Waals surface area contributed by atoms with Crippen LogP contribution in [0.25, 0.3) is 0 Å². The van der Waals surface area contributed by atoms with Crippen LogP contribution in [0.3, 0.4) is 0 Å². The molecule has 0 aromatic carbocycles. The highest BCUT2D eigenvalue weighted by molar-refractivity contribution is 7.08. The van der Waals surface area contributed by atoms with Crippen LogP contribution in [-0.4, -0.2) is 21.1 Å². The lowest BCUT2D eigenvalue weighted by molar-refractivity contribution is 0.0941. The van der Waals surface area contributed by atoms with Gasteiger partial charge in [0, 0.05) is 12.5 Å². The van der Waals surface area contributed by atoms with Crippen LogP contribution in [0.1, 0.15) is 46.3 Å². The van der Waals surface area contributed by atoms with Crippen molar-refractivity contribution in [3.05, 3.63) is 33.5 Å². The Morgan fingerprint density at radius 1 is 1.56 bits per heavy atom. The van der Waals surface area contributed by atoms with Crippen LogP contribution in [0.15, 0.2) is 10.8 Å². The van der Waals surface area contributed by atoms with E-state index in [-0.39, 0.29) is 11.7 Å². The summed E-state index contributed by atoms with van der Waals surface area (Å²) in [6.45, 7) is 2.57. The number of rotatable bonds is 4. The Labute approximate surface area is 109 Å². The number of aryl methyl sites for hydroxylation is 1. The van der Waals surface area contributed by atoms with Crippen LogP contribution in [0.5, 0.6) is 0 Å². The molecule has 2 N–H and O–H groups in total. The van der Waals surface area contributed by atoms with E-state index in [9.17, 15) is 4.79 Å². The molecule has 3 rings (SSSR count). The van der Waals surface area contributed by atoms with Gasteiger partial charge in [0.05, 0.1) is 0 Å². The molecule has 18 heavy (non-hydrogen) atoms. The number of amides is 1. The van der Waals surface area contributed by atoms with Crippen LogP contribution in [0.4, 0.5) is 0 Å². The van der Waals surface area contributed by atoms with Crippen molar-refractivity contribution in [3.63, 3.8) is 0 Å². The molecule has 2 heterocycles. The highest BCUT2D eigenvalue weighted by atomic mass is 32.1. The molecule has 0 saturated heterocycles. The number of carbonyl (C=O) groups is 1. The lowest BCUT2D eigenvalue weighted by Crippen LogP contribution is -2.24. The summed E-state index contributed by atoms with van der Waals surface area (Å²) in [5, 5.41) is 13.7. The number of H-pyrrole nitrogens is 1. The predicted octanol–water partition coefficient (Wildman–Crippen LogP) is 1.98. The molecule has 1 aliphatic carbocycles. The van der Waals surface area contributed by atoms with Crippen molar-refractivity contribution in [2.45, 2.75) is 32.2 Å². The molecule has 0 unspecified atom stereocenters. The fraction of sp³-hybridized carbons (Fsp3) is 0.417. The minimum absolute atomic E-state index is 0.219. The van der Waals surface area contributed by atoms with Crippen LogP contribution < -0.4 is 5.32 Å². The SMILES string of the molecule is Cc1cscc1CNC(=O)c1n[nH]c(C2CC2)n1. The largest absolute Gasteiger partial charge is 0.345 e. The molecule has 0 atom stereocenters. The number of nitrogens with one attached hydrogen (secondary N) is 2. The fourth-order valence-corrected chi connectivity index (χ4v) is 2.59. The molecule has 2 aromatic heterocycles. The van der Waals surface area contributed by atoms with Crippen molar-refractivity contribution in [2.24, 2.45) is 0 Å². The van der Waals surface area contributed by atoms with Crippen molar-refractivity contribution in [3.8, 4) is 0 Å². The Morgan fingerprint density at radius 3 is 3.06 bits per heavy atom. The molecule has 1 aliphatic rings. The first kappa shape index (κ1) is 11.4. The third-order valence-corrected chi connectivity index (χ3v) is 3.98. The zero-order chi connectivity index (χ0) is 12.5. The summed E-state index contributed by atoms with van der Waals surface area (Å²) in [6.07, 6.45) is 2.29. The first-order valence-corrected chi connectivity index (χ1v) is 6.90. The fourth-order valence-electron chi connectivity index (χ4n) is 1.74. The van der Waals surface area contributed by atoms with Crippen LogP contribution in [0.2, 0.25) is 0 Å². The van der Waals surface area contributed by atoms with Gasteiger partial charge in [0.1, 0.15) is 5.82 Å². The van der Waals surface area contributed by atoms with E-state index < -0.39 is 0 Å². The van der Waals surface area contributed by atoms with Gasteiger partial charge in [0.15, 0.2) is 0 Å². The van der Waals surface area contributed by atoms with Crippen molar-refractivity contribution in [1.82, 2.24) is 20.5 Å². The number of aromatic amines is 1. The van der Waals surface area contributed by atoms with Crippen LogP contribution in [-0.2, 0) is 6.54 Å². The standard InChI is InChI=1S/C12H14N4OS/c1-7-5-18-6-9(7)4-13-12(17)11-14-10(15-16-11)8-2-3-8/h5-6,8H,2-4H2,1H3,(H,13,17)(H,14,15,16). The summed E-state index contributed by atoms with van der Waals surface area (Å²) >= 11 is 1.64. The lowest BCUT2D eigenvalue weighted by Gasteiger charge is -2.01. The molecule has 1 amide bonds. The van der Waals surface area contributed by atoms with E-state index in [1.54, 1.807) is 11.3 Å². The number of hydrogen-bond acceptors (Lipinski definition) is 4. The molecule has 0 aliphatic heterocycles. The van der Waals surface area contributed by atoms with Gasteiger partial charge in [-0.2, -0.15) is 11.3 Å². The number of thiophene rings is 1. The summed E-state index contributed by atoms with van der Waals surface area (Å²) in [5.74, 6) is 1.35. The van der Waals surface area contributed by atoms with Gasteiger partial charge in [-0.25, -0.2) is 4.98 Å². The smallest absolute Gasteiger partial charge is 0.291 e. The summed E-state index contributed by atoms with van der Waals surface area (Å²) in [6, 6.07) is 0. The zero-order valence-corrected chi connectivity index (χ0v) is 10.9. The summed E-state index contributed by atoms with van der Waals surface area (Å²) < 4.78 is 0. The highest BCUT2D eigenvalue weighted by Crippen LogP contribution is 2.37. The van der Waals surface area contributed by atoms with Gasteiger partial charge >= 0.3 is 0 Å². The van der Waals surface area contributed by atoms with E-state index in [0.717, 1.165) is 24.2 Å². The maximum Gasteiger partial charge on any atom is 0.291 e. The van der Waals surface area contributed by atoms with Gasteiger partial charge in [0.2, 0.25) is 5.82 Å². The van der Waals surface area contributed by atoms with Gasteiger partial charge in [-0.3, -0.25) is 9.89 Å². The third kappa shape index (κ3) is 2.28. The lowest BCUT2D eigenvalue weighted by atomic mass is 10.2. The number of carbonyl (C=O) groups excluding carboxylic acids is 1. The zero-order valence-electron chi connectivity index (χ0n) is 10.1. The van der Waals surface area contributed by atoms with Gasteiger partial charge in [-0.15, -0.1) is 5.10 Å². The molecule has 94 valence electrons. The van der Waals surface area contributed by atoms with E-state index >= 15 is 0 Å². The van der Waals surface area contributed by atoms with Crippen LogP contribution >= 0.6 is 11.3 Å². The van der Waals surface area contributed by atoms with Crippen molar-refractivity contribution < 1.29 is 4.79 Å². The first-order valence-electron chi connectivity index (χ1n) is 5.96. The molecule has 6 heteroatoms. The molecule has 2 aromatic rings. The highest BCUT2D eigenvalue weighted by Gasteiger charge is 2.28. The van der Waals surface area contributed by atoms with E-state index in [0.29, 0.717) is 12.5 Å². The molecule has 0 spiro atoms. The summed E-state index contributed by atoms with van der Waals surface area (Å²) in [5.41, 5.74) is 2.35. The van der Waals surface area contributed by atoms with Crippen molar-refractivity contribution in [1.29, 1.82) is 0 Å². The topological polar surface area (TPSA) is 70.7 Å². The minimum atomic E-state index is -0.219. The van der Waals surface area contributed by atoms with Gasteiger partial charge < -0.3 is 5.32 Å². The predicted molar refractivity (Wildman–Crippen MR) is 68.6 cm³/mol. The molecule has 1 saturated carbocycles. The first-order chi connectivity index (χ1) is 8.74.